The Kier molecular flexibility index (Phi) is 4.71. The predicted octanol–water partition coefficient (Wildman–Crippen LogP) is 1.78. The number of hydrogen-bond donors (Lipinski definition) is 1. The van der Waals surface area contributed by atoms with Gasteiger partial charge in [0.15, 0.2) is 0 Å². The molecule has 1 saturated carbocycles. The van der Waals surface area contributed by atoms with E-state index in [1.165, 1.54) is 0 Å². The van der Waals surface area contributed by atoms with Gasteiger partial charge in [0, 0.05) is 44.4 Å². The number of nitrogens with zero attached hydrogens (tertiary/aromatic N) is 2. The second-order valence-corrected chi connectivity index (χ2v) is 5.14. The van der Waals surface area contributed by atoms with Gasteiger partial charge in [-0.1, -0.05) is 0 Å². The summed E-state index contributed by atoms with van der Waals surface area (Å²) in [5, 5.41) is 2.75. The topological polar surface area (TPSA) is 62.3 Å². The molecule has 0 aromatic carbocycles. The average Bonchev–Trinajstić information content (AvgIpc) is 2.48. The van der Waals surface area contributed by atoms with Crippen LogP contribution in [-0.2, 0) is 4.79 Å². The highest BCUT2D eigenvalue weighted by Gasteiger charge is 2.22. The first kappa shape index (κ1) is 14.5. The van der Waals surface area contributed by atoms with E-state index < -0.39 is 0 Å². The van der Waals surface area contributed by atoms with Crippen molar-refractivity contribution >= 4 is 17.4 Å². The molecule has 1 amide bonds. The molecular formula is C15H21N3O2. The van der Waals surface area contributed by atoms with Crippen molar-refractivity contribution in [3.05, 3.63) is 24.0 Å². The van der Waals surface area contributed by atoms with E-state index in [2.05, 4.69) is 15.2 Å². The Balaban J connectivity index is 2.10. The van der Waals surface area contributed by atoms with Crippen LogP contribution in [0.1, 0.15) is 43.1 Å². The van der Waals surface area contributed by atoms with E-state index in [-0.39, 0.29) is 5.91 Å². The lowest BCUT2D eigenvalue weighted by atomic mass is 9.93. The van der Waals surface area contributed by atoms with Crippen molar-refractivity contribution in [3.8, 4) is 0 Å². The van der Waals surface area contributed by atoms with Gasteiger partial charge in [0.25, 0.3) is 5.91 Å². The molecule has 1 aromatic rings. The molecule has 1 aliphatic rings. The Bertz CT molecular complexity index is 492. The molecule has 1 aromatic heterocycles. The van der Waals surface area contributed by atoms with Gasteiger partial charge in [0.1, 0.15) is 11.5 Å². The number of anilines is 1. The van der Waals surface area contributed by atoms with E-state index in [0.717, 1.165) is 18.5 Å². The van der Waals surface area contributed by atoms with E-state index in [0.29, 0.717) is 36.9 Å². The van der Waals surface area contributed by atoms with Crippen molar-refractivity contribution < 1.29 is 9.59 Å². The maximum absolute atomic E-state index is 11.8. The minimum absolute atomic E-state index is 0.151. The van der Waals surface area contributed by atoms with Crippen LogP contribution < -0.4 is 10.2 Å². The molecule has 0 unspecified atom stereocenters. The van der Waals surface area contributed by atoms with Gasteiger partial charge < -0.3 is 10.2 Å². The molecule has 5 nitrogen and oxygen atoms in total. The number of carbonyl (C=O) groups excluding carboxylic acids is 2. The molecule has 1 N–H and O–H groups in total. The SMILES string of the molecule is CCNC(=O)c1cc(N(C)C2CCC(=O)CC2)ccn1. The summed E-state index contributed by atoms with van der Waals surface area (Å²) in [5.74, 6) is 0.203. The largest absolute Gasteiger partial charge is 0.371 e. The summed E-state index contributed by atoms with van der Waals surface area (Å²) in [6.07, 6.45) is 4.74. The minimum Gasteiger partial charge on any atom is -0.371 e. The van der Waals surface area contributed by atoms with Crippen LogP contribution in [0.15, 0.2) is 18.3 Å². The normalized spacial score (nSPS) is 16.0. The zero-order chi connectivity index (χ0) is 14.5. The van der Waals surface area contributed by atoms with E-state index in [4.69, 9.17) is 0 Å². The zero-order valence-corrected chi connectivity index (χ0v) is 12.1. The standard InChI is InChI=1S/C15H21N3O2/c1-3-16-15(20)14-10-12(8-9-17-14)18(2)11-4-6-13(19)7-5-11/h8-11H,3-7H2,1-2H3,(H,16,20). The molecule has 0 spiro atoms. The van der Waals surface area contributed by atoms with E-state index in [9.17, 15) is 9.59 Å². The smallest absolute Gasteiger partial charge is 0.269 e. The molecule has 20 heavy (non-hydrogen) atoms. The maximum atomic E-state index is 11.8. The summed E-state index contributed by atoms with van der Waals surface area (Å²) in [6.45, 7) is 2.47. The van der Waals surface area contributed by atoms with Crippen LogP contribution in [0, 0.1) is 0 Å². The average molecular weight is 275 g/mol. The highest BCUT2D eigenvalue weighted by Crippen LogP contribution is 2.24. The lowest BCUT2D eigenvalue weighted by molar-refractivity contribution is -0.120. The summed E-state index contributed by atoms with van der Waals surface area (Å²) in [5.41, 5.74) is 1.41. The van der Waals surface area contributed by atoms with Crippen molar-refractivity contribution in [1.29, 1.82) is 0 Å². The lowest BCUT2D eigenvalue weighted by Gasteiger charge is -2.32. The first-order chi connectivity index (χ1) is 9.61. The molecular weight excluding hydrogens is 254 g/mol. The first-order valence-corrected chi connectivity index (χ1v) is 7.10. The predicted molar refractivity (Wildman–Crippen MR) is 77.9 cm³/mol. The molecule has 2 rings (SSSR count). The third-order valence-electron chi connectivity index (χ3n) is 3.78. The molecule has 1 aliphatic carbocycles. The van der Waals surface area contributed by atoms with Gasteiger partial charge in [-0.3, -0.25) is 14.6 Å². The maximum Gasteiger partial charge on any atom is 0.269 e. The number of rotatable bonds is 4. The molecule has 1 heterocycles. The summed E-state index contributed by atoms with van der Waals surface area (Å²) in [4.78, 5) is 29.4. The van der Waals surface area contributed by atoms with Gasteiger partial charge in [-0.25, -0.2) is 0 Å². The third kappa shape index (κ3) is 3.35. The van der Waals surface area contributed by atoms with Crippen LogP contribution in [0.5, 0.6) is 0 Å². The summed E-state index contributed by atoms with van der Waals surface area (Å²) in [7, 11) is 2.01. The monoisotopic (exact) mass is 275 g/mol. The van der Waals surface area contributed by atoms with Crippen LogP contribution in [0.2, 0.25) is 0 Å². The molecule has 0 bridgehead atoms. The van der Waals surface area contributed by atoms with E-state index >= 15 is 0 Å². The second kappa shape index (κ2) is 6.50. The van der Waals surface area contributed by atoms with Gasteiger partial charge >= 0.3 is 0 Å². The number of aromatic nitrogens is 1. The molecule has 108 valence electrons. The number of pyridine rings is 1. The van der Waals surface area contributed by atoms with Crippen LogP contribution in [0.4, 0.5) is 5.69 Å². The lowest BCUT2D eigenvalue weighted by Crippen LogP contribution is -2.35. The third-order valence-corrected chi connectivity index (χ3v) is 3.78. The minimum atomic E-state index is -0.151. The van der Waals surface area contributed by atoms with Crippen molar-refractivity contribution in [2.45, 2.75) is 38.6 Å². The van der Waals surface area contributed by atoms with Crippen molar-refractivity contribution in [3.63, 3.8) is 0 Å². The second-order valence-electron chi connectivity index (χ2n) is 5.14. The van der Waals surface area contributed by atoms with Gasteiger partial charge in [0.2, 0.25) is 0 Å². The van der Waals surface area contributed by atoms with Crippen LogP contribution in [0.25, 0.3) is 0 Å². The molecule has 1 fully saturated rings. The van der Waals surface area contributed by atoms with Gasteiger partial charge in [-0.05, 0) is 31.9 Å². The van der Waals surface area contributed by atoms with Crippen LogP contribution >= 0.6 is 0 Å². The van der Waals surface area contributed by atoms with Crippen LogP contribution in [-0.4, -0.2) is 36.3 Å². The Hall–Kier alpha value is -1.91. The first-order valence-electron chi connectivity index (χ1n) is 7.10. The number of Topliss-reactive ketones (excluding diaryl/α,β-unsaturated/α-hetero) is 1. The fourth-order valence-corrected chi connectivity index (χ4v) is 2.54. The number of ketones is 1. The Morgan fingerprint density at radius 3 is 2.80 bits per heavy atom. The highest BCUT2D eigenvalue weighted by atomic mass is 16.1. The highest BCUT2D eigenvalue weighted by molar-refractivity contribution is 5.93. The van der Waals surface area contributed by atoms with Gasteiger partial charge in [-0.2, -0.15) is 0 Å². The van der Waals surface area contributed by atoms with Crippen molar-refractivity contribution in [2.75, 3.05) is 18.5 Å². The molecule has 0 saturated heterocycles. The van der Waals surface area contributed by atoms with E-state index in [1.54, 1.807) is 12.3 Å². The number of carbonyl (C=O) groups is 2. The number of hydrogen-bond acceptors (Lipinski definition) is 4. The summed E-state index contributed by atoms with van der Waals surface area (Å²) >= 11 is 0. The molecule has 5 heteroatoms. The Labute approximate surface area is 119 Å². The van der Waals surface area contributed by atoms with Crippen molar-refractivity contribution in [1.82, 2.24) is 10.3 Å². The Morgan fingerprint density at radius 1 is 1.45 bits per heavy atom. The fraction of sp³-hybridized carbons (Fsp3) is 0.533. The zero-order valence-electron chi connectivity index (χ0n) is 12.1. The Morgan fingerprint density at radius 2 is 2.15 bits per heavy atom. The van der Waals surface area contributed by atoms with Crippen LogP contribution in [0.3, 0.4) is 0 Å². The molecule has 0 aliphatic heterocycles. The number of amides is 1. The number of nitrogens with one attached hydrogen (secondary N) is 1. The summed E-state index contributed by atoms with van der Waals surface area (Å²) in [6, 6.07) is 4.07. The van der Waals surface area contributed by atoms with Crippen molar-refractivity contribution in [2.24, 2.45) is 0 Å². The van der Waals surface area contributed by atoms with E-state index in [1.807, 2.05) is 20.0 Å². The summed E-state index contributed by atoms with van der Waals surface area (Å²) < 4.78 is 0. The van der Waals surface area contributed by atoms with Gasteiger partial charge in [0.05, 0.1) is 0 Å². The van der Waals surface area contributed by atoms with Gasteiger partial charge in [-0.15, -0.1) is 0 Å². The molecule has 0 radical (unpaired) electrons. The quantitative estimate of drug-likeness (QED) is 0.910. The fourth-order valence-electron chi connectivity index (χ4n) is 2.54. The molecule has 0 atom stereocenters.